The molecule has 84 valence electrons. The van der Waals surface area contributed by atoms with Gasteiger partial charge in [0.25, 0.3) is 0 Å². The number of carbonyl (C=O) groups excluding carboxylic acids is 1. The predicted octanol–water partition coefficient (Wildman–Crippen LogP) is 1.69. The largest absolute Gasteiger partial charge is 0.351 e. The molecule has 0 spiro atoms. The van der Waals surface area contributed by atoms with Crippen molar-refractivity contribution in [3.8, 4) is 0 Å². The molecular formula is C13H15NO2. The number of nitrogens with zero attached hydrogens (tertiary/aromatic N) is 1. The summed E-state index contributed by atoms with van der Waals surface area (Å²) in [6.07, 6.45) is 2.17. The number of ether oxygens (including phenoxy) is 1. The summed E-state index contributed by atoms with van der Waals surface area (Å²) in [6.45, 7) is 1.91. The number of carbonyl (C=O) groups is 1. The van der Waals surface area contributed by atoms with E-state index in [1.807, 2.05) is 30.3 Å². The maximum atomic E-state index is 12.2. The summed E-state index contributed by atoms with van der Waals surface area (Å²) in [4.78, 5) is 14.4. The molecule has 2 fully saturated rings. The van der Waals surface area contributed by atoms with Gasteiger partial charge >= 0.3 is 0 Å². The van der Waals surface area contributed by atoms with Crippen LogP contribution in [0, 0.1) is 0 Å². The number of rotatable bonds is 2. The van der Waals surface area contributed by atoms with E-state index in [0.717, 1.165) is 31.5 Å². The number of benzene rings is 1. The van der Waals surface area contributed by atoms with Gasteiger partial charge in [0.05, 0.1) is 6.10 Å². The molecule has 0 radical (unpaired) electrons. The minimum Gasteiger partial charge on any atom is -0.351 e. The molecule has 3 heteroatoms. The Labute approximate surface area is 95.0 Å². The Balaban J connectivity index is 1.81. The van der Waals surface area contributed by atoms with Gasteiger partial charge < -0.3 is 4.74 Å². The van der Waals surface area contributed by atoms with Gasteiger partial charge in [0.2, 0.25) is 5.78 Å². The summed E-state index contributed by atoms with van der Waals surface area (Å²) in [5, 5.41) is 0. The van der Waals surface area contributed by atoms with Crippen LogP contribution in [0.3, 0.4) is 0 Å². The Morgan fingerprint density at radius 3 is 2.88 bits per heavy atom. The standard InChI is InChI=1S/C13H15NO2/c15-12(10-5-2-1-3-6-10)13-14-8-4-7-11(9-14)16-13/h1-3,5-6,11,13H,4,7-9H2/t11-,13-/m1/s1. The van der Waals surface area contributed by atoms with Crippen LogP contribution in [-0.2, 0) is 4.74 Å². The summed E-state index contributed by atoms with van der Waals surface area (Å²) in [5.74, 6) is 0.102. The number of piperidine rings is 1. The Morgan fingerprint density at radius 2 is 2.12 bits per heavy atom. The second-order valence-corrected chi connectivity index (χ2v) is 4.48. The fourth-order valence-electron chi connectivity index (χ4n) is 2.53. The fourth-order valence-corrected chi connectivity index (χ4v) is 2.53. The van der Waals surface area contributed by atoms with Crippen molar-refractivity contribution in [2.24, 2.45) is 0 Å². The topological polar surface area (TPSA) is 29.5 Å². The molecule has 2 aliphatic heterocycles. The summed E-state index contributed by atoms with van der Waals surface area (Å²) in [6, 6.07) is 9.42. The summed E-state index contributed by atoms with van der Waals surface area (Å²) < 4.78 is 5.78. The molecular weight excluding hydrogens is 202 g/mol. The Kier molecular flexibility index (Phi) is 2.50. The first-order chi connectivity index (χ1) is 7.84. The van der Waals surface area contributed by atoms with E-state index < -0.39 is 0 Å². The molecule has 3 atom stereocenters. The zero-order valence-corrected chi connectivity index (χ0v) is 9.13. The monoisotopic (exact) mass is 217 g/mol. The molecule has 1 aromatic carbocycles. The lowest BCUT2D eigenvalue weighted by molar-refractivity contribution is 0.0178. The van der Waals surface area contributed by atoms with E-state index in [9.17, 15) is 4.79 Å². The van der Waals surface area contributed by atoms with Crippen LogP contribution in [-0.4, -0.2) is 36.1 Å². The number of hydrogen-bond acceptors (Lipinski definition) is 3. The number of fused-ring (bicyclic) bond motifs is 2. The van der Waals surface area contributed by atoms with Gasteiger partial charge in [-0.15, -0.1) is 0 Å². The molecule has 3 nitrogen and oxygen atoms in total. The van der Waals surface area contributed by atoms with Crippen LogP contribution in [0.1, 0.15) is 23.2 Å². The second kappa shape index (κ2) is 4.00. The lowest BCUT2D eigenvalue weighted by atomic mass is 10.1. The van der Waals surface area contributed by atoms with Crippen LogP contribution in [0.2, 0.25) is 0 Å². The van der Waals surface area contributed by atoms with Crippen molar-refractivity contribution in [3.05, 3.63) is 35.9 Å². The van der Waals surface area contributed by atoms with E-state index in [1.165, 1.54) is 0 Å². The van der Waals surface area contributed by atoms with E-state index in [-0.39, 0.29) is 18.1 Å². The molecule has 0 amide bonds. The maximum absolute atomic E-state index is 12.2. The first kappa shape index (κ1) is 10.00. The molecule has 3 rings (SSSR count). The average molecular weight is 217 g/mol. The molecule has 0 saturated carbocycles. The quantitative estimate of drug-likeness (QED) is 0.706. The van der Waals surface area contributed by atoms with Gasteiger partial charge in [-0.05, 0) is 12.8 Å². The lowest BCUT2D eigenvalue weighted by Crippen LogP contribution is -2.38. The molecule has 1 unspecified atom stereocenters. The van der Waals surface area contributed by atoms with Gasteiger partial charge in [-0.25, -0.2) is 0 Å². The van der Waals surface area contributed by atoms with Crippen LogP contribution < -0.4 is 0 Å². The number of Topliss-reactive ketones (excluding diaryl/α,β-unsaturated/α-hetero) is 1. The highest BCUT2D eigenvalue weighted by molar-refractivity contribution is 5.99. The molecule has 0 N–H and O–H groups in total. The SMILES string of the molecule is O=C(c1ccccc1)[C@H]1O[C@@H]2CCCN1C2. The zero-order valence-electron chi connectivity index (χ0n) is 9.13. The van der Waals surface area contributed by atoms with Crippen molar-refractivity contribution in [1.29, 1.82) is 0 Å². The normalized spacial score (nSPS) is 32.6. The highest BCUT2D eigenvalue weighted by atomic mass is 16.5. The van der Waals surface area contributed by atoms with E-state index in [0.29, 0.717) is 0 Å². The van der Waals surface area contributed by atoms with Crippen molar-refractivity contribution in [1.82, 2.24) is 4.90 Å². The van der Waals surface area contributed by atoms with E-state index in [2.05, 4.69) is 4.90 Å². The van der Waals surface area contributed by atoms with Crippen molar-refractivity contribution in [2.45, 2.75) is 25.2 Å². The average Bonchev–Trinajstić information content (AvgIpc) is 2.64. The summed E-state index contributed by atoms with van der Waals surface area (Å²) in [5.41, 5.74) is 0.750. The van der Waals surface area contributed by atoms with Crippen molar-refractivity contribution >= 4 is 5.78 Å². The fraction of sp³-hybridized carbons (Fsp3) is 0.462. The molecule has 0 aliphatic carbocycles. The van der Waals surface area contributed by atoms with Crippen molar-refractivity contribution in [3.63, 3.8) is 0 Å². The molecule has 0 aromatic heterocycles. The van der Waals surface area contributed by atoms with Crippen LogP contribution in [0.4, 0.5) is 0 Å². The molecule has 2 heterocycles. The molecule has 1 aromatic rings. The Bertz CT molecular complexity index is 390. The van der Waals surface area contributed by atoms with Gasteiger partial charge in [-0.3, -0.25) is 9.69 Å². The third-order valence-corrected chi connectivity index (χ3v) is 3.35. The molecule has 2 aliphatic rings. The summed E-state index contributed by atoms with van der Waals surface area (Å²) >= 11 is 0. The molecule has 2 bridgehead atoms. The predicted molar refractivity (Wildman–Crippen MR) is 60.2 cm³/mol. The van der Waals surface area contributed by atoms with Gasteiger partial charge in [-0.1, -0.05) is 30.3 Å². The third kappa shape index (κ3) is 1.66. The van der Waals surface area contributed by atoms with E-state index in [1.54, 1.807) is 0 Å². The van der Waals surface area contributed by atoms with Crippen molar-refractivity contribution in [2.75, 3.05) is 13.1 Å². The van der Waals surface area contributed by atoms with Gasteiger partial charge in [0, 0.05) is 18.7 Å². The Hall–Kier alpha value is -1.19. The van der Waals surface area contributed by atoms with Gasteiger partial charge in [-0.2, -0.15) is 0 Å². The number of ketones is 1. The van der Waals surface area contributed by atoms with Crippen LogP contribution in [0.25, 0.3) is 0 Å². The molecule has 16 heavy (non-hydrogen) atoms. The second-order valence-electron chi connectivity index (χ2n) is 4.48. The van der Waals surface area contributed by atoms with Crippen LogP contribution in [0.5, 0.6) is 0 Å². The zero-order chi connectivity index (χ0) is 11.0. The van der Waals surface area contributed by atoms with Crippen molar-refractivity contribution < 1.29 is 9.53 Å². The Morgan fingerprint density at radius 1 is 1.31 bits per heavy atom. The smallest absolute Gasteiger partial charge is 0.206 e. The minimum atomic E-state index is -0.338. The highest BCUT2D eigenvalue weighted by Gasteiger charge is 2.39. The van der Waals surface area contributed by atoms with Crippen LogP contribution >= 0.6 is 0 Å². The first-order valence-electron chi connectivity index (χ1n) is 5.83. The third-order valence-electron chi connectivity index (χ3n) is 3.35. The van der Waals surface area contributed by atoms with Crippen LogP contribution in [0.15, 0.2) is 30.3 Å². The molecule has 2 saturated heterocycles. The van der Waals surface area contributed by atoms with Gasteiger partial charge in [0.1, 0.15) is 0 Å². The maximum Gasteiger partial charge on any atom is 0.206 e. The van der Waals surface area contributed by atoms with E-state index in [4.69, 9.17) is 4.74 Å². The van der Waals surface area contributed by atoms with Gasteiger partial charge in [0.15, 0.2) is 6.23 Å². The number of hydrogen-bond donors (Lipinski definition) is 0. The summed E-state index contributed by atoms with van der Waals surface area (Å²) in [7, 11) is 0. The minimum absolute atomic E-state index is 0.102. The highest BCUT2D eigenvalue weighted by Crippen LogP contribution is 2.27. The first-order valence-corrected chi connectivity index (χ1v) is 5.83. The van der Waals surface area contributed by atoms with E-state index >= 15 is 0 Å². The lowest BCUT2D eigenvalue weighted by Gasteiger charge is -2.22.